The lowest BCUT2D eigenvalue weighted by atomic mass is 9.96. The van der Waals surface area contributed by atoms with Crippen LogP contribution in [-0.4, -0.2) is 56.9 Å². The molecule has 3 heterocycles. The van der Waals surface area contributed by atoms with Crippen molar-refractivity contribution in [1.82, 2.24) is 4.90 Å². The molecule has 1 aromatic rings. The number of nitrogens with zero attached hydrogens (tertiary/aromatic N) is 1. The third kappa shape index (κ3) is 3.35. The van der Waals surface area contributed by atoms with E-state index in [1.54, 1.807) is 0 Å². The molecular weight excluding hydrogens is 306 g/mol. The van der Waals surface area contributed by atoms with Gasteiger partial charge in [-0.2, -0.15) is 0 Å². The molecule has 2 fully saturated rings. The predicted octanol–water partition coefficient (Wildman–Crippen LogP) is -1.38. The fourth-order valence-corrected chi connectivity index (χ4v) is 3.99. The first-order valence-corrected chi connectivity index (χ1v) is 9.12. The molecule has 0 bridgehead atoms. The number of hydrogen-bond donors (Lipinski definition) is 2. The van der Waals surface area contributed by atoms with E-state index < -0.39 is 0 Å². The summed E-state index contributed by atoms with van der Waals surface area (Å²) in [6.45, 7) is 7.34. The summed E-state index contributed by atoms with van der Waals surface area (Å²) in [5.41, 5.74) is 1.27. The number of fused-ring (bicyclic) bond motifs is 1. The number of piperidine rings is 1. The summed E-state index contributed by atoms with van der Waals surface area (Å²) in [5, 5.41) is 2.32. The third-order valence-electron chi connectivity index (χ3n) is 5.46. The van der Waals surface area contributed by atoms with Gasteiger partial charge < -0.3 is 24.6 Å². The fourth-order valence-electron chi connectivity index (χ4n) is 3.99. The molecule has 0 radical (unpaired) electrons. The lowest BCUT2D eigenvalue weighted by Gasteiger charge is -2.34. The molecule has 130 valence electrons. The summed E-state index contributed by atoms with van der Waals surface area (Å²) < 4.78 is 10.8. The van der Waals surface area contributed by atoms with Crippen molar-refractivity contribution >= 4 is 5.91 Å². The maximum atomic E-state index is 12.6. The van der Waals surface area contributed by atoms with Gasteiger partial charge in [0.1, 0.15) is 6.54 Å². The highest BCUT2D eigenvalue weighted by atomic mass is 16.7. The highest BCUT2D eigenvalue weighted by Crippen LogP contribution is 2.32. The maximum Gasteiger partial charge on any atom is 0.231 e. The average molecular weight is 333 g/mol. The van der Waals surface area contributed by atoms with E-state index in [2.05, 4.69) is 22.3 Å². The molecule has 1 aromatic carbocycles. The molecule has 3 N–H and O–H groups in total. The standard InChI is InChI=1S/C18H25N3O3/c22-18(15-3-5-19-6-4-15)21-9-7-20(8-10-21)12-14-1-2-16-17(11-14)24-13-23-16/h1-2,11,15,19H,3-10,12-13H2/p+2. The van der Waals surface area contributed by atoms with Gasteiger partial charge in [-0.15, -0.1) is 0 Å². The zero-order valence-corrected chi connectivity index (χ0v) is 14.1. The second-order valence-electron chi connectivity index (χ2n) is 7.08. The van der Waals surface area contributed by atoms with Gasteiger partial charge in [-0.25, -0.2) is 0 Å². The number of carbonyl (C=O) groups is 1. The summed E-state index contributed by atoms with van der Waals surface area (Å²) in [4.78, 5) is 16.3. The Morgan fingerprint density at radius 2 is 1.92 bits per heavy atom. The van der Waals surface area contributed by atoms with Crippen molar-refractivity contribution in [2.75, 3.05) is 46.1 Å². The van der Waals surface area contributed by atoms with Crippen LogP contribution in [0.3, 0.4) is 0 Å². The van der Waals surface area contributed by atoms with Crippen LogP contribution in [-0.2, 0) is 11.3 Å². The summed E-state index contributed by atoms with van der Waals surface area (Å²) in [6, 6.07) is 6.21. The number of ether oxygens (including phenoxy) is 2. The van der Waals surface area contributed by atoms with Gasteiger partial charge >= 0.3 is 0 Å². The minimum absolute atomic E-state index is 0.269. The Balaban J connectivity index is 1.29. The number of rotatable bonds is 3. The number of piperazine rings is 1. The van der Waals surface area contributed by atoms with Gasteiger partial charge in [0.2, 0.25) is 12.7 Å². The molecule has 3 aliphatic heterocycles. The minimum atomic E-state index is 0.269. The molecule has 0 saturated carbocycles. The number of hydrogen-bond acceptors (Lipinski definition) is 3. The number of carbonyl (C=O) groups excluding carboxylic acids is 1. The number of quaternary nitrogens is 2. The first-order valence-electron chi connectivity index (χ1n) is 9.12. The maximum absolute atomic E-state index is 12.6. The van der Waals surface area contributed by atoms with Gasteiger partial charge in [0, 0.05) is 24.3 Å². The summed E-state index contributed by atoms with van der Waals surface area (Å²) in [5.74, 6) is 2.36. The summed E-state index contributed by atoms with van der Waals surface area (Å²) >= 11 is 0. The van der Waals surface area contributed by atoms with E-state index in [-0.39, 0.29) is 5.92 Å². The van der Waals surface area contributed by atoms with E-state index in [0.29, 0.717) is 12.7 Å². The zero-order chi connectivity index (χ0) is 16.4. The molecular formula is C18H27N3O3+2. The Kier molecular flexibility index (Phi) is 4.58. The van der Waals surface area contributed by atoms with Crippen LogP contribution in [0.25, 0.3) is 0 Å². The third-order valence-corrected chi connectivity index (χ3v) is 5.46. The van der Waals surface area contributed by atoms with Gasteiger partial charge in [-0.1, -0.05) is 0 Å². The van der Waals surface area contributed by atoms with Crippen LogP contribution in [0.15, 0.2) is 18.2 Å². The van der Waals surface area contributed by atoms with E-state index in [0.717, 1.165) is 70.2 Å². The zero-order valence-electron chi connectivity index (χ0n) is 14.1. The van der Waals surface area contributed by atoms with Crippen LogP contribution < -0.4 is 19.7 Å². The van der Waals surface area contributed by atoms with Crippen LogP contribution in [0.4, 0.5) is 0 Å². The second kappa shape index (κ2) is 6.99. The smallest absolute Gasteiger partial charge is 0.231 e. The van der Waals surface area contributed by atoms with Gasteiger partial charge in [-0.3, -0.25) is 4.79 Å². The van der Waals surface area contributed by atoms with Crippen LogP contribution in [0.2, 0.25) is 0 Å². The molecule has 2 saturated heterocycles. The van der Waals surface area contributed by atoms with Gasteiger partial charge in [0.15, 0.2) is 11.5 Å². The summed E-state index contributed by atoms with van der Waals surface area (Å²) in [7, 11) is 0. The van der Waals surface area contributed by atoms with Crippen LogP contribution in [0, 0.1) is 5.92 Å². The summed E-state index contributed by atoms with van der Waals surface area (Å²) in [6.07, 6.45) is 2.09. The van der Waals surface area contributed by atoms with Crippen LogP contribution in [0.5, 0.6) is 11.5 Å². The number of benzene rings is 1. The van der Waals surface area contributed by atoms with E-state index in [1.165, 1.54) is 10.5 Å². The molecule has 0 spiro atoms. The van der Waals surface area contributed by atoms with Crippen molar-refractivity contribution in [3.8, 4) is 11.5 Å². The Morgan fingerprint density at radius 1 is 1.17 bits per heavy atom. The van der Waals surface area contributed by atoms with Gasteiger partial charge in [0.25, 0.3) is 0 Å². The minimum Gasteiger partial charge on any atom is -0.454 e. The molecule has 6 heteroatoms. The average Bonchev–Trinajstić information content (AvgIpc) is 3.10. The van der Waals surface area contributed by atoms with Crippen molar-refractivity contribution in [3.63, 3.8) is 0 Å². The van der Waals surface area contributed by atoms with Crippen LogP contribution in [0.1, 0.15) is 18.4 Å². The molecule has 6 nitrogen and oxygen atoms in total. The molecule has 4 rings (SSSR count). The Hall–Kier alpha value is -1.79. The fraction of sp³-hybridized carbons (Fsp3) is 0.611. The Bertz CT molecular complexity index is 593. The van der Waals surface area contributed by atoms with Crippen LogP contribution >= 0.6 is 0 Å². The van der Waals surface area contributed by atoms with E-state index >= 15 is 0 Å². The predicted molar refractivity (Wildman–Crippen MR) is 87.9 cm³/mol. The molecule has 0 unspecified atom stereocenters. The molecule has 24 heavy (non-hydrogen) atoms. The van der Waals surface area contributed by atoms with E-state index in [1.807, 2.05) is 6.07 Å². The topological polar surface area (TPSA) is 59.8 Å². The highest BCUT2D eigenvalue weighted by Gasteiger charge is 2.30. The largest absolute Gasteiger partial charge is 0.454 e. The van der Waals surface area contributed by atoms with E-state index in [4.69, 9.17) is 9.47 Å². The van der Waals surface area contributed by atoms with Gasteiger partial charge in [0.05, 0.1) is 39.3 Å². The lowest BCUT2D eigenvalue weighted by Crippen LogP contribution is -3.13. The monoisotopic (exact) mass is 333 g/mol. The molecule has 0 atom stereocenters. The number of nitrogens with two attached hydrogens (primary N) is 1. The van der Waals surface area contributed by atoms with Crippen molar-refractivity contribution in [1.29, 1.82) is 0 Å². The second-order valence-corrected chi connectivity index (χ2v) is 7.08. The molecule has 0 aromatic heterocycles. The van der Waals surface area contributed by atoms with Crippen molar-refractivity contribution in [3.05, 3.63) is 23.8 Å². The Labute approximate surface area is 142 Å². The number of nitrogens with one attached hydrogen (secondary N) is 1. The first-order chi connectivity index (χ1) is 11.8. The molecule has 1 amide bonds. The van der Waals surface area contributed by atoms with Gasteiger partial charge in [-0.05, 0) is 18.2 Å². The van der Waals surface area contributed by atoms with Crippen molar-refractivity contribution in [2.24, 2.45) is 5.92 Å². The lowest BCUT2D eigenvalue weighted by molar-refractivity contribution is -0.917. The normalized spacial score (nSPS) is 21.9. The van der Waals surface area contributed by atoms with E-state index in [9.17, 15) is 4.79 Å². The number of amides is 1. The quantitative estimate of drug-likeness (QED) is 0.717. The molecule has 0 aliphatic carbocycles. The first kappa shape index (κ1) is 15.7. The molecule has 3 aliphatic rings. The SMILES string of the molecule is O=C(C1CC[NH2+]CC1)N1CC[NH+](Cc2ccc3c(c2)OCO3)CC1. The highest BCUT2D eigenvalue weighted by molar-refractivity contribution is 5.79. The Morgan fingerprint density at radius 3 is 2.71 bits per heavy atom. The van der Waals surface area contributed by atoms with Crippen molar-refractivity contribution in [2.45, 2.75) is 19.4 Å². The van der Waals surface area contributed by atoms with Crippen molar-refractivity contribution < 1.29 is 24.5 Å².